The number of halogens is 1. The summed E-state index contributed by atoms with van der Waals surface area (Å²) in [6.45, 7) is 0.0225. The molecule has 0 atom stereocenters. The van der Waals surface area contributed by atoms with Crippen LogP contribution in [0.1, 0.15) is 21.9 Å². The first-order valence-electron chi connectivity index (χ1n) is 5.31. The monoisotopic (exact) mass is 296 g/mol. The van der Waals surface area contributed by atoms with Crippen molar-refractivity contribution in [1.82, 2.24) is 4.98 Å². The Hall–Kier alpha value is -1.81. The molecule has 0 aliphatic heterocycles. The second-order valence-electron chi connectivity index (χ2n) is 3.36. The van der Waals surface area contributed by atoms with E-state index in [9.17, 15) is 4.79 Å². The lowest BCUT2D eigenvalue weighted by Crippen LogP contribution is -2.10. The highest BCUT2D eigenvalue weighted by Crippen LogP contribution is 2.19. The van der Waals surface area contributed by atoms with Gasteiger partial charge in [0.05, 0.1) is 17.7 Å². The fraction of sp³-hybridized carbons (Fsp3) is 0.167. The summed E-state index contributed by atoms with van der Waals surface area (Å²) < 4.78 is 4.98. The van der Waals surface area contributed by atoms with Gasteiger partial charge in [-0.15, -0.1) is 0 Å². The van der Waals surface area contributed by atoms with Crippen LogP contribution in [0.5, 0.6) is 0 Å². The van der Waals surface area contributed by atoms with Crippen LogP contribution in [0.2, 0.25) is 5.22 Å². The van der Waals surface area contributed by atoms with Gasteiger partial charge < -0.3 is 9.52 Å². The second-order valence-corrected chi connectivity index (χ2v) is 4.77. The van der Waals surface area contributed by atoms with Crippen LogP contribution in [-0.2, 0) is 0 Å². The number of nitrogens with one attached hydrogen (secondary N) is 1. The maximum Gasteiger partial charge on any atom is 0.293 e. The van der Waals surface area contributed by atoms with E-state index in [-0.39, 0.29) is 17.6 Å². The van der Waals surface area contributed by atoms with Crippen molar-refractivity contribution in [1.29, 1.82) is 0 Å². The molecule has 0 spiro atoms. The first-order valence-corrected chi connectivity index (χ1v) is 6.51. The third-order valence-corrected chi connectivity index (χ3v) is 3.00. The number of anilines is 1. The van der Waals surface area contributed by atoms with E-state index in [2.05, 4.69) is 22.1 Å². The SMILES string of the molecule is O=C(Nc1ncc(C#CCCO)s1)c1ccc(Cl)o1. The fourth-order valence-electron chi connectivity index (χ4n) is 1.19. The van der Waals surface area contributed by atoms with Gasteiger partial charge in [0.1, 0.15) is 0 Å². The molecule has 0 aromatic carbocycles. The lowest BCUT2D eigenvalue weighted by atomic mass is 10.4. The minimum Gasteiger partial charge on any atom is -0.440 e. The van der Waals surface area contributed by atoms with E-state index >= 15 is 0 Å². The predicted octanol–water partition coefficient (Wildman–Crippen LogP) is 2.38. The summed E-state index contributed by atoms with van der Waals surface area (Å²) in [5.74, 6) is 5.31. The molecule has 0 aliphatic carbocycles. The molecule has 0 saturated carbocycles. The standard InChI is InChI=1S/C12H9ClN2O3S/c13-10-5-4-9(18-10)11(17)15-12-14-7-8(19-12)3-1-2-6-16/h4-5,7,16H,2,6H2,(H,14,15,17). The van der Waals surface area contributed by atoms with Gasteiger partial charge in [0.2, 0.25) is 0 Å². The van der Waals surface area contributed by atoms with Crippen molar-refractivity contribution in [3.8, 4) is 11.8 Å². The zero-order valence-electron chi connectivity index (χ0n) is 9.64. The zero-order valence-corrected chi connectivity index (χ0v) is 11.2. The highest BCUT2D eigenvalue weighted by molar-refractivity contribution is 7.16. The number of furan rings is 1. The molecule has 2 aromatic heterocycles. The van der Waals surface area contributed by atoms with Crippen molar-refractivity contribution >= 4 is 34.0 Å². The Balaban J connectivity index is 2.00. The number of carbonyl (C=O) groups is 1. The number of amides is 1. The predicted molar refractivity (Wildman–Crippen MR) is 72.4 cm³/mol. The molecule has 2 rings (SSSR count). The number of rotatable bonds is 3. The lowest BCUT2D eigenvalue weighted by molar-refractivity contribution is 0.0996. The maximum absolute atomic E-state index is 11.7. The summed E-state index contributed by atoms with van der Waals surface area (Å²) in [5, 5.41) is 11.8. The van der Waals surface area contributed by atoms with Crippen LogP contribution in [0.25, 0.3) is 0 Å². The quantitative estimate of drug-likeness (QED) is 0.853. The van der Waals surface area contributed by atoms with E-state index < -0.39 is 5.91 Å². The molecule has 0 saturated heterocycles. The van der Waals surface area contributed by atoms with Gasteiger partial charge in [-0.2, -0.15) is 0 Å². The molecule has 7 heteroatoms. The Morgan fingerprint density at radius 2 is 2.42 bits per heavy atom. The van der Waals surface area contributed by atoms with Gasteiger partial charge >= 0.3 is 0 Å². The second kappa shape index (κ2) is 6.38. The zero-order chi connectivity index (χ0) is 13.7. The molecule has 19 heavy (non-hydrogen) atoms. The van der Waals surface area contributed by atoms with Crippen LogP contribution in [-0.4, -0.2) is 22.6 Å². The molecule has 0 unspecified atom stereocenters. The Labute approximate surface area is 118 Å². The molecular weight excluding hydrogens is 288 g/mol. The molecule has 2 aromatic rings. The van der Waals surface area contributed by atoms with Crippen LogP contribution in [0.4, 0.5) is 5.13 Å². The van der Waals surface area contributed by atoms with Crippen molar-refractivity contribution in [3.63, 3.8) is 0 Å². The van der Waals surface area contributed by atoms with Gasteiger partial charge in [-0.1, -0.05) is 23.2 Å². The topological polar surface area (TPSA) is 75.4 Å². The number of thiazole rings is 1. The summed E-state index contributed by atoms with van der Waals surface area (Å²) in [7, 11) is 0. The summed E-state index contributed by atoms with van der Waals surface area (Å²) in [6, 6.07) is 2.97. The van der Waals surface area contributed by atoms with Crippen LogP contribution >= 0.6 is 22.9 Å². The number of hydrogen-bond acceptors (Lipinski definition) is 5. The van der Waals surface area contributed by atoms with Gasteiger partial charge in [-0.3, -0.25) is 10.1 Å². The number of aliphatic hydroxyl groups excluding tert-OH is 1. The first-order chi connectivity index (χ1) is 9.19. The van der Waals surface area contributed by atoms with Crippen LogP contribution in [0.15, 0.2) is 22.7 Å². The smallest absolute Gasteiger partial charge is 0.293 e. The molecular formula is C12H9ClN2O3S. The molecule has 1 amide bonds. The average molecular weight is 297 g/mol. The first kappa shape index (κ1) is 13.6. The maximum atomic E-state index is 11.7. The summed E-state index contributed by atoms with van der Waals surface area (Å²) in [4.78, 5) is 16.5. The summed E-state index contributed by atoms with van der Waals surface area (Å²) >= 11 is 6.82. The highest BCUT2D eigenvalue weighted by atomic mass is 35.5. The van der Waals surface area contributed by atoms with Crippen molar-refractivity contribution < 1.29 is 14.3 Å². The molecule has 2 heterocycles. The molecule has 2 N–H and O–H groups in total. The minimum atomic E-state index is -0.420. The number of aromatic nitrogens is 1. The number of carbonyl (C=O) groups excluding carboxylic acids is 1. The van der Waals surface area contributed by atoms with E-state index in [1.807, 2.05) is 0 Å². The van der Waals surface area contributed by atoms with Crippen molar-refractivity contribution in [2.45, 2.75) is 6.42 Å². The number of nitrogens with zero attached hydrogens (tertiary/aromatic N) is 1. The van der Waals surface area contributed by atoms with Gasteiger partial charge in [-0.25, -0.2) is 4.98 Å². The van der Waals surface area contributed by atoms with E-state index in [4.69, 9.17) is 21.1 Å². The average Bonchev–Trinajstić information content (AvgIpc) is 2.99. The Morgan fingerprint density at radius 3 is 3.11 bits per heavy atom. The number of hydrogen-bond donors (Lipinski definition) is 2. The van der Waals surface area contributed by atoms with E-state index in [0.717, 1.165) is 0 Å². The van der Waals surface area contributed by atoms with E-state index in [0.29, 0.717) is 16.4 Å². The molecule has 0 aliphatic rings. The van der Waals surface area contributed by atoms with Crippen LogP contribution in [0.3, 0.4) is 0 Å². The number of aliphatic hydroxyl groups is 1. The van der Waals surface area contributed by atoms with Gasteiger partial charge in [-0.05, 0) is 23.7 Å². The van der Waals surface area contributed by atoms with Gasteiger partial charge in [0.15, 0.2) is 16.1 Å². The Morgan fingerprint density at radius 1 is 1.58 bits per heavy atom. The van der Waals surface area contributed by atoms with Gasteiger partial charge in [0.25, 0.3) is 5.91 Å². The molecule has 0 radical (unpaired) electrons. The van der Waals surface area contributed by atoms with Gasteiger partial charge in [0, 0.05) is 6.42 Å². The molecule has 5 nitrogen and oxygen atoms in total. The third kappa shape index (κ3) is 3.83. The molecule has 98 valence electrons. The largest absolute Gasteiger partial charge is 0.440 e. The lowest BCUT2D eigenvalue weighted by Gasteiger charge is -1.96. The Bertz CT molecular complexity index is 639. The fourth-order valence-corrected chi connectivity index (χ4v) is 2.02. The summed E-state index contributed by atoms with van der Waals surface area (Å²) in [6.07, 6.45) is 1.96. The van der Waals surface area contributed by atoms with Crippen molar-refractivity contribution in [2.24, 2.45) is 0 Å². The minimum absolute atomic E-state index is 0.0225. The Kier molecular flexibility index (Phi) is 4.58. The normalized spacial score (nSPS) is 9.79. The van der Waals surface area contributed by atoms with Crippen molar-refractivity contribution in [2.75, 3.05) is 11.9 Å². The molecule has 0 fully saturated rings. The van der Waals surface area contributed by atoms with Crippen LogP contribution < -0.4 is 5.32 Å². The third-order valence-electron chi connectivity index (χ3n) is 1.97. The highest BCUT2D eigenvalue weighted by Gasteiger charge is 2.12. The van der Waals surface area contributed by atoms with E-state index in [1.165, 1.54) is 23.5 Å². The van der Waals surface area contributed by atoms with E-state index in [1.54, 1.807) is 6.20 Å². The van der Waals surface area contributed by atoms with Crippen molar-refractivity contribution in [3.05, 3.63) is 34.2 Å². The molecule has 0 bridgehead atoms. The van der Waals surface area contributed by atoms with Crippen LogP contribution in [0, 0.1) is 11.8 Å². The summed E-state index contributed by atoms with van der Waals surface area (Å²) in [5.41, 5.74) is 0.